The topological polar surface area (TPSA) is 0 Å². The van der Waals surface area contributed by atoms with Crippen molar-refractivity contribution in [1.82, 2.24) is 0 Å². The van der Waals surface area contributed by atoms with Gasteiger partial charge in [0.1, 0.15) is 0 Å². The molecule has 1 heteroatoms. The number of allylic oxidation sites excluding steroid dienone is 4. The summed E-state index contributed by atoms with van der Waals surface area (Å²) in [5, 5.41) is 0. The molecule has 2 aliphatic rings. The average Bonchev–Trinajstić information content (AvgIpc) is 3.33. The maximum absolute atomic E-state index is 3.71. The van der Waals surface area contributed by atoms with Crippen molar-refractivity contribution < 1.29 is 18.0 Å². The number of rotatable bonds is 2. The van der Waals surface area contributed by atoms with Crippen molar-refractivity contribution >= 4 is 3.26 Å². The van der Waals surface area contributed by atoms with Crippen molar-refractivity contribution in [3.05, 3.63) is 83.0 Å². The van der Waals surface area contributed by atoms with Gasteiger partial charge in [-0.2, -0.15) is 0 Å². The summed E-state index contributed by atoms with van der Waals surface area (Å²) < 4.78 is 8.26. The van der Waals surface area contributed by atoms with Gasteiger partial charge >= 0.3 is 198 Å². The Balaban J connectivity index is 2.12. The van der Waals surface area contributed by atoms with E-state index < -0.39 is 18.0 Å². The van der Waals surface area contributed by atoms with Crippen LogP contribution in [-0.2, 0) is 28.8 Å². The van der Waals surface area contributed by atoms with Crippen molar-refractivity contribution in [3.8, 4) is 11.1 Å². The Morgan fingerprint density at radius 3 is 1.44 bits per heavy atom. The Hall–Kier alpha value is -1.34. The summed E-state index contributed by atoms with van der Waals surface area (Å²) >= 11 is -3.71. The standard InChI is InChI=1S/C21H25.C5H5.C3H6.2CH3.Hf/c1-20(2,3)16-7-9-18-14(12-16)11-15-13-17(21(4,5)6)8-10-19(15)18;1-2-4-5-3-1;1-3-2;;;/h7-13H,1-6H3;1-5H;1-2H3;2*1H3;. The Kier molecular flexibility index (Phi) is 5.45. The third kappa shape index (κ3) is 3.46. The molecule has 2 aliphatic carbocycles. The van der Waals surface area contributed by atoms with E-state index in [1.165, 1.54) is 22.3 Å². The Bertz CT molecular complexity index is 1130. The minimum atomic E-state index is -3.71. The molecule has 0 N–H and O–H groups in total. The van der Waals surface area contributed by atoms with Crippen molar-refractivity contribution in [2.45, 2.75) is 82.9 Å². The molecule has 4 rings (SSSR count). The molecule has 0 unspecified atom stereocenters. The molecule has 0 spiro atoms. The fourth-order valence-electron chi connectivity index (χ4n) is 5.99. The normalized spacial score (nSPS) is 17.1. The van der Waals surface area contributed by atoms with Crippen LogP contribution in [0.3, 0.4) is 0 Å². The summed E-state index contributed by atoms with van der Waals surface area (Å²) in [6.07, 6.45) is 9.57. The van der Waals surface area contributed by atoms with E-state index in [1.807, 2.05) is 0 Å². The van der Waals surface area contributed by atoms with Crippen LogP contribution in [0.2, 0.25) is 13.0 Å². The second-order valence-electron chi connectivity index (χ2n) is 13.4. The first kappa shape index (κ1) is 23.8. The Morgan fingerprint density at radius 1 is 0.688 bits per heavy atom. The molecule has 2 aromatic rings. The summed E-state index contributed by atoms with van der Waals surface area (Å²) in [4.78, 5) is 0. The van der Waals surface area contributed by atoms with Crippen LogP contribution in [0.5, 0.6) is 0 Å². The van der Waals surface area contributed by atoms with Gasteiger partial charge in [0.15, 0.2) is 0 Å². The van der Waals surface area contributed by atoms with Crippen LogP contribution in [0.1, 0.15) is 81.3 Å². The number of benzene rings is 2. The molecule has 0 amide bonds. The van der Waals surface area contributed by atoms with Crippen LogP contribution in [0.15, 0.2) is 60.7 Å². The van der Waals surface area contributed by atoms with Gasteiger partial charge in [0.2, 0.25) is 0 Å². The summed E-state index contributed by atoms with van der Waals surface area (Å²) in [6.45, 7) is 18.9. The molecule has 0 aromatic heterocycles. The first-order valence-corrected chi connectivity index (χ1v) is 25.4. The molecule has 0 heterocycles. The second-order valence-corrected chi connectivity index (χ2v) is 40.3. The minimum absolute atomic E-state index is 0.150. The van der Waals surface area contributed by atoms with Gasteiger partial charge in [0.25, 0.3) is 0 Å². The van der Waals surface area contributed by atoms with Crippen LogP contribution in [-0.4, -0.2) is 3.26 Å². The van der Waals surface area contributed by atoms with Crippen LogP contribution in [0.4, 0.5) is 0 Å². The molecule has 0 nitrogen and oxygen atoms in total. The van der Waals surface area contributed by atoms with Gasteiger partial charge in [-0.3, -0.25) is 0 Å². The molecule has 0 saturated carbocycles. The third-order valence-corrected chi connectivity index (χ3v) is 37.7. The molecule has 170 valence electrons. The number of fused-ring (bicyclic) bond motifs is 3. The molecule has 0 bridgehead atoms. The fraction of sp³-hybridized carbons (Fsp3) is 0.452. The van der Waals surface area contributed by atoms with Gasteiger partial charge in [-0.15, -0.1) is 0 Å². The summed E-state index contributed by atoms with van der Waals surface area (Å²) in [5.74, 6) is 0. The number of hydrogen-bond donors (Lipinski definition) is 0. The Labute approximate surface area is 197 Å². The maximum atomic E-state index is 2.73. The van der Waals surface area contributed by atoms with Crippen LogP contribution in [0.25, 0.3) is 11.1 Å². The predicted molar refractivity (Wildman–Crippen MR) is 141 cm³/mol. The molecule has 0 saturated heterocycles. The second kappa shape index (κ2) is 7.33. The van der Waals surface area contributed by atoms with Crippen molar-refractivity contribution in [2.24, 2.45) is 0 Å². The summed E-state index contributed by atoms with van der Waals surface area (Å²) in [7, 11) is 0. The average molecular weight is 593 g/mol. The molecule has 0 atom stereocenters. The first-order chi connectivity index (χ1) is 14.7. The van der Waals surface area contributed by atoms with Gasteiger partial charge in [-0.05, 0) is 0 Å². The van der Waals surface area contributed by atoms with Gasteiger partial charge in [-0.1, -0.05) is 0 Å². The molecular weight excluding hydrogens is 551 g/mol. The van der Waals surface area contributed by atoms with E-state index in [4.69, 9.17) is 0 Å². The third-order valence-electron chi connectivity index (χ3n) is 8.99. The van der Waals surface area contributed by atoms with Gasteiger partial charge in [0, 0.05) is 0 Å². The molecule has 2 aromatic carbocycles. The zero-order chi connectivity index (χ0) is 23.7. The van der Waals surface area contributed by atoms with E-state index >= 15 is 0 Å². The van der Waals surface area contributed by atoms with Crippen LogP contribution in [0, 0.1) is 0 Å². The van der Waals surface area contributed by atoms with Crippen molar-refractivity contribution in [3.63, 3.8) is 0 Å². The quantitative estimate of drug-likeness (QED) is 0.305. The van der Waals surface area contributed by atoms with E-state index in [9.17, 15) is 0 Å². The van der Waals surface area contributed by atoms with Crippen molar-refractivity contribution in [1.29, 1.82) is 0 Å². The van der Waals surface area contributed by atoms with Crippen molar-refractivity contribution in [2.75, 3.05) is 0 Å². The Morgan fingerprint density at radius 2 is 1.09 bits per heavy atom. The summed E-state index contributed by atoms with van der Waals surface area (Å²) in [6, 6.07) is 14.7. The van der Waals surface area contributed by atoms with Gasteiger partial charge in [0.05, 0.1) is 0 Å². The van der Waals surface area contributed by atoms with Gasteiger partial charge < -0.3 is 0 Å². The van der Waals surface area contributed by atoms with Crippen LogP contribution < -0.4 is 0 Å². The zero-order valence-corrected chi connectivity index (χ0v) is 25.5. The van der Waals surface area contributed by atoms with E-state index in [0.717, 1.165) is 0 Å². The monoisotopic (exact) mass is 594 g/mol. The first-order valence-electron chi connectivity index (χ1n) is 12.3. The molecule has 32 heavy (non-hydrogen) atoms. The number of hydrogen-bond acceptors (Lipinski definition) is 0. The molecular formula is C31H42Hf. The summed E-state index contributed by atoms with van der Waals surface area (Å²) in [5.41, 5.74) is 9.33. The molecule has 0 radical (unpaired) electrons. The van der Waals surface area contributed by atoms with E-state index in [1.54, 1.807) is 14.4 Å². The molecule has 0 fully saturated rings. The predicted octanol–water partition coefficient (Wildman–Crippen LogP) is 9.26. The van der Waals surface area contributed by atoms with Crippen LogP contribution >= 0.6 is 0 Å². The SMILES string of the molecule is C[C](C)=[Hf]([CH3])([CH3])([CH]1C=CC=C1)[CH]1c2cc(C(C)(C)C)ccc2-c2ccc(C(C)(C)C)cc21. The fourth-order valence-corrected chi connectivity index (χ4v) is 25.5. The van der Waals surface area contributed by atoms with Gasteiger partial charge in [-0.25, -0.2) is 0 Å². The van der Waals surface area contributed by atoms with E-state index in [-0.39, 0.29) is 10.8 Å². The van der Waals surface area contributed by atoms with E-state index in [2.05, 4.69) is 125 Å². The zero-order valence-electron chi connectivity index (χ0n) is 21.9. The molecule has 0 aliphatic heterocycles. The van der Waals surface area contributed by atoms with E-state index in [0.29, 0.717) is 7.35 Å².